The maximum absolute atomic E-state index is 11.5. The van der Waals surface area contributed by atoms with E-state index < -0.39 is 30.1 Å². The second-order valence-electron chi connectivity index (χ2n) is 3.99. The van der Waals surface area contributed by atoms with E-state index in [0.717, 1.165) is 0 Å². The molecule has 0 radical (unpaired) electrons. The van der Waals surface area contributed by atoms with Crippen LogP contribution in [-0.2, 0) is 28.6 Å². The Morgan fingerprint density at radius 3 is 1.78 bits per heavy atom. The fraction of sp³-hybridized carbons (Fsp3) is 0.750. The number of hydrogen-bond donors (Lipinski definition) is 0. The number of rotatable bonds is 6. The van der Waals surface area contributed by atoms with Crippen LogP contribution in [0.5, 0.6) is 0 Å². The van der Waals surface area contributed by atoms with E-state index in [1.807, 2.05) is 6.92 Å². The fourth-order valence-electron chi connectivity index (χ4n) is 0.989. The van der Waals surface area contributed by atoms with Gasteiger partial charge in [0.2, 0.25) is 0 Å². The summed E-state index contributed by atoms with van der Waals surface area (Å²) in [5, 5.41) is 0. The van der Waals surface area contributed by atoms with Gasteiger partial charge in [0.05, 0.1) is 13.0 Å². The monoisotopic (exact) mass is 260 g/mol. The van der Waals surface area contributed by atoms with Crippen LogP contribution in [0, 0.1) is 5.92 Å². The predicted octanol–water partition coefficient (Wildman–Crippen LogP) is 1.07. The van der Waals surface area contributed by atoms with Gasteiger partial charge >= 0.3 is 17.9 Å². The van der Waals surface area contributed by atoms with Crippen molar-refractivity contribution in [3.63, 3.8) is 0 Å². The topological polar surface area (TPSA) is 78.9 Å². The maximum atomic E-state index is 11.5. The van der Waals surface area contributed by atoms with Gasteiger partial charge in [-0.3, -0.25) is 4.79 Å². The molecular weight excluding hydrogens is 240 g/mol. The SMILES string of the molecule is CCC(C)C(=O)O[C@@H](C)C(=O)O[C@H](C)C(=O)OC. The summed E-state index contributed by atoms with van der Waals surface area (Å²) in [4.78, 5) is 34.0. The molecule has 0 saturated carbocycles. The predicted molar refractivity (Wildman–Crippen MR) is 62.6 cm³/mol. The molecule has 0 fully saturated rings. The molecule has 0 heterocycles. The van der Waals surface area contributed by atoms with Crippen molar-refractivity contribution in [1.82, 2.24) is 0 Å². The minimum Gasteiger partial charge on any atom is -0.466 e. The van der Waals surface area contributed by atoms with Crippen LogP contribution in [-0.4, -0.2) is 37.2 Å². The Hall–Kier alpha value is -1.59. The molecule has 18 heavy (non-hydrogen) atoms. The molecule has 3 atom stereocenters. The van der Waals surface area contributed by atoms with E-state index in [-0.39, 0.29) is 5.92 Å². The van der Waals surface area contributed by atoms with Crippen molar-refractivity contribution in [1.29, 1.82) is 0 Å². The third-order valence-corrected chi connectivity index (χ3v) is 2.47. The normalized spacial score (nSPS) is 15.2. The molecule has 0 aliphatic carbocycles. The van der Waals surface area contributed by atoms with Gasteiger partial charge in [-0.2, -0.15) is 0 Å². The van der Waals surface area contributed by atoms with Crippen LogP contribution in [0.3, 0.4) is 0 Å². The summed E-state index contributed by atoms with van der Waals surface area (Å²) >= 11 is 0. The fourth-order valence-corrected chi connectivity index (χ4v) is 0.989. The number of hydrogen-bond acceptors (Lipinski definition) is 6. The van der Waals surface area contributed by atoms with E-state index in [0.29, 0.717) is 6.42 Å². The second kappa shape index (κ2) is 7.68. The van der Waals surface area contributed by atoms with Crippen molar-refractivity contribution in [2.24, 2.45) is 5.92 Å². The quantitative estimate of drug-likeness (QED) is 0.525. The maximum Gasteiger partial charge on any atom is 0.347 e. The van der Waals surface area contributed by atoms with Crippen LogP contribution in [0.15, 0.2) is 0 Å². The number of carbonyl (C=O) groups is 3. The molecule has 104 valence electrons. The van der Waals surface area contributed by atoms with E-state index in [1.54, 1.807) is 6.92 Å². The van der Waals surface area contributed by atoms with Gasteiger partial charge in [-0.05, 0) is 20.3 Å². The van der Waals surface area contributed by atoms with Gasteiger partial charge in [0, 0.05) is 0 Å². The number of carbonyl (C=O) groups excluding carboxylic acids is 3. The van der Waals surface area contributed by atoms with Crippen LogP contribution >= 0.6 is 0 Å². The Labute approximate surface area is 107 Å². The van der Waals surface area contributed by atoms with Crippen LogP contribution in [0.4, 0.5) is 0 Å². The highest BCUT2D eigenvalue weighted by Crippen LogP contribution is 2.07. The summed E-state index contributed by atoms with van der Waals surface area (Å²) in [5.74, 6) is -2.18. The third kappa shape index (κ3) is 5.16. The summed E-state index contributed by atoms with van der Waals surface area (Å²) in [6, 6.07) is 0. The van der Waals surface area contributed by atoms with Gasteiger partial charge in [-0.15, -0.1) is 0 Å². The molecule has 0 rings (SSSR count). The van der Waals surface area contributed by atoms with Gasteiger partial charge in [0.15, 0.2) is 12.2 Å². The Balaban J connectivity index is 4.27. The molecule has 6 heteroatoms. The summed E-state index contributed by atoms with van der Waals surface area (Å²) in [6.45, 7) is 6.32. The van der Waals surface area contributed by atoms with Gasteiger partial charge in [0.25, 0.3) is 0 Å². The number of methoxy groups -OCH3 is 1. The van der Waals surface area contributed by atoms with E-state index in [2.05, 4.69) is 4.74 Å². The second-order valence-corrected chi connectivity index (χ2v) is 3.99. The first-order chi connectivity index (χ1) is 8.33. The van der Waals surface area contributed by atoms with Crippen molar-refractivity contribution in [3.05, 3.63) is 0 Å². The van der Waals surface area contributed by atoms with Crippen LogP contribution in [0.25, 0.3) is 0 Å². The molecule has 0 aliphatic heterocycles. The average Bonchev–Trinajstić information content (AvgIpc) is 2.35. The van der Waals surface area contributed by atoms with Crippen molar-refractivity contribution in [2.75, 3.05) is 7.11 Å². The third-order valence-electron chi connectivity index (χ3n) is 2.47. The highest BCUT2D eigenvalue weighted by Gasteiger charge is 2.26. The average molecular weight is 260 g/mol. The number of esters is 3. The van der Waals surface area contributed by atoms with Crippen LogP contribution in [0.2, 0.25) is 0 Å². The minimum atomic E-state index is -1.04. The van der Waals surface area contributed by atoms with Crippen molar-refractivity contribution >= 4 is 17.9 Å². The van der Waals surface area contributed by atoms with Gasteiger partial charge in [-0.25, -0.2) is 9.59 Å². The molecule has 0 aromatic heterocycles. The smallest absolute Gasteiger partial charge is 0.347 e. The summed E-state index contributed by atoms with van der Waals surface area (Å²) < 4.78 is 14.1. The first-order valence-corrected chi connectivity index (χ1v) is 5.82. The lowest BCUT2D eigenvalue weighted by molar-refractivity contribution is -0.177. The summed E-state index contributed by atoms with van der Waals surface area (Å²) in [5.41, 5.74) is 0. The molecule has 0 aromatic rings. The summed E-state index contributed by atoms with van der Waals surface area (Å²) in [6.07, 6.45) is -1.44. The van der Waals surface area contributed by atoms with E-state index in [9.17, 15) is 14.4 Å². The molecule has 1 unspecified atom stereocenters. The molecular formula is C12H20O6. The van der Waals surface area contributed by atoms with Crippen molar-refractivity contribution < 1.29 is 28.6 Å². The Morgan fingerprint density at radius 1 is 0.889 bits per heavy atom. The van der Waals surface area contributed by atoms with Crippen LogP contribution in [0.1, 0.15) is 34.1 Å². The lowest BCUT2D eigenvalue weighted by Crippen LogP contribution is -2.33. The molecule has 0 spiro atoms. The first-order valence-electron chi connectivity index (χ1n) is 5.82. The van der Waals surface area contributed by atoms with E-state index >= 15 is 0 Å². The molecule has 0 N–H and O–H groups in total. The minimum absolute atomic E-state index is 0.279. The lowest BCUT2D eigenvalue weighted by Gasteiger charge is -2.17. The molecule has 0 saturated heterocycles. The zero-order valence-electron chi connectivity index (χ0n) is 11.4. The van der Waals surface area contributed by atoms with Crippen LogP contribution < -0.4 is 0 Å². The van der Waals surface area contributed by atoms with Crippen molar-refractivity contribution in [2.45, 2.75) is 46.3 Å². The van der Waals surface area contributed by atoms with E-state index in [4.69, 9.17) is 9.47 Å². The zero-order valence-corrected chi connectivity index (χ0v) is 11.4. The molecule has 6 nitrogen and oxygen atoms in total. The van der Waals surface area contributed by atoms with Gasteiger partial charge in [0.1, 0.15) is 0 Å². The molecule has 0 aromatic carbocycles. The largest absolute Gasteiger partial charge is 0.466 e. The molecule has 0 aliphatic rings. The van der Waals surface area contributed by atoms with Crippen molar-refractivity contribution in [3.8, 4) is 0 Å². The van der Waals surface area contributed by atoms with Gasteiger partial charge in [-0.1, -0.05) is 13.8 Å². The molecule has 0 amide bonds. The highest BCUT2D eigenvalue weighted by molar-refractivity contribution is 5.83. The Morgan fingerprint density at radius 2 is 1.33 bits per heavy atom. The highest BCUT2D eigenvalue weighted by atomic mass is 16.6. The molecule has 0 bridgehead atoms. The lowest BCUT2D eigenvalue weighted by atomic mass is 10.1. The van der Waals surface area contributed by atoms with E-state index in [1.165, 1.54) is 21.0 Å². The zero-order chi connectivity index (χ0) is 14.3. The Bertz CT molecular complexity index is 312. The first kappa shape index (κ1) is 16.4. The number of ether oxygens (including phenoxy) is 3. The Kier molecular flexibility index (Phi) is 7.00. The standard InChI is InChI=1S/C12H20O6/c1-6-7(2)10(13)17-9(4)12(15)18-8(3)11(14)16-5/h7-9H,6H2,1-5H3/t7?,8-,9+/m1/s1. The van der Waals surface area contributed by atoms with Gasteiger partial charge < -0.3 is 14.2 Å². The summed E-state index contributed by atoms with van der Waals surface area (Å²) in [7, 11) is 1.19.